The minimum absolute atomic E-state index is 0.0707. The molecule has 0 aliphatic heterocycles. The number of fused-ring (bicyclic) bond motifs is 1. The Morgan fingerprint density at radius 1 is 0.964 bits per heavy atom. The molecule has 0 radical (unpaired) electrons. The average molecular weight is 377 g/mol. The van der Waals surface area contributed by atoms with Crippen molar-refractivity contribution in [3.05, 3.63) is 77.5 Å². The number of nitrogens with zero attached hydrogens (tertiary/aromatic N) is 1. The van der Waals surface area contributed by atoms with Crippen molar-refractivity contribution in [2.75, 3.05) is 6.61 Å². The molecule has 28 heavy (non-hydrogen) atoms. The summed E-state index contributed by atoms with van der Waals surface area (Å²) in [4.78, 5) is 30.5. The molecule has 5 nitrogen and oxygen atoms in total. The van der Waals surface area contributed by atoms with Crippen LogP contribution in [0.3, 0.4) is 0 Å². The molecule has 1 atom stereocenters. The molecule has 1 heterocycles. The Balaban J connectivity index is 2.01. The van der Waals surface area contributed by atoms with Crippen LogP contribution in [0.25, 0.3) is 10.9 Å². The number of carbonyl (C=O) groups is 2. The van der Waals surface area contributed by atoms with Crippen molar-refractivity contribution in [3.63, 3.8) is 0 Å². The second kappa shape index (κ2) is 8.21. The molecule has 0 saturated heterocycles. The van der Waals surface area contributed by atoms with Gasteiger partial charge in [0, 0.05) is 5.39 Å². The van der Waals surface area contributed by atoms with Crippen LogP contribution in [0, 0.1) is 6.92 Å². The fourth-order valence-corrected chi connectivity index (χ4v) is 3.15. The highest BCUT2D eigenvalue weighted by atomic mass is 16.6. The van der Waals surface area contributed by atoms with Crippen molar-refractivity contribution in [1.29, 1.82) is 0 Å². The molecule has 0 bridgehead atoms. The second-order valence-corrected chi connectivity index (χ2v) is 6.75. The number of ether oxygens (including phenoxy) is 2. The van der Waals surface area contributed by atoms with Gasteiger partial charge in [-0.2, -0.15) is 0 Å². The van der Waals surface area contributed by atoms with E-state index in [0.717, 1.165) is 16.5 Å². The molecule has 0 amide bonds. The molecule has 3 rings (SSSR count). The van der Waals surface area contributed by atoms with Crippen LogP contribution in [-0.4, -0.2) is 23.5 Å². The summed E-state index contributed by atoms with van der Waals surface area (Å²) in [6, 6.07) is 18.8. The van der Waals surface area contributed by atoms with Crippen molar-refractivity contribution in [1.82, 2.24) is 4.98 Å². The van der Waals surface area contributed by atoms with Crippen molar-refractivity contribution >= 4 is 22.8 Å². The third-order valence-corrected chi connectivity index (χ3v) is 4.69. The first-order chi connectivity index (χ1) is 13.5. The zero-order valence-electron chi connectivity index (χ0n) is 16.3. The van der Waals surface area contributed by atoms with E-state index < -0.39 is 17.4 Å². The van der Waals surface area contributed by atoms with Crippen LogP contribution in [0.4, 0.5) is 0 Å². The van der Waals surface area contributed by atoms with Crippen molar-refractivity contribution in [3.8, 4) is 0 Å². The van der Waals surface area contributed by atoms with Crippen LogP contribution in [-0.2, 0) is 31.1 Å². The van der Waals surface area contributed by atoms with Crippen molar-refractivity contribution in [2.24, 2.45) is 0 Å². The Labute approximate surface area is 164 Å². The van der Waals surface area contributed by atoms with E-state index >= 15 is 0 Å². The highest BCUT2D eigenvalue weighted by Crippen LogP contribution is 2.31. The van der Waals surface area contributed by atoms with E-state index in [1.165, 1.54) is 6.92 Å². The lowest BCUT2D eigenvalue weighted by molar-refractivity contribution is -0.165. The molecular formula is C23H23NO4. The van der Waals surface area contributed by atoms with Gasteiger partial charge in [0.2, 0.25) is 5.41 Å². The number of hydrogen-bond acceptors (Lipinski definition) is 5. The van der Waals surface area contributed by atoms with E-state index in [9.17, 15) is 9.59 Å². The molecule has 3 aromatic rings. The smallest absolute Gasteiger partial charge is 0.329 e. The maximum atomic E-state index is 13.1. The number of para-hydroxylation sites is 1. The predicted molar refractivity (Wildman–Crippen MR) is 107 cm³/mol. The molecule has 144 valence electrons. The summed E-state index contributed by atoms with van der Waals surface area (Å²) in [5, 5.41) is 0.938. The topological polar surface area (TPSA) is 65.5 Å². The fraction of sp³-hybridized carbons (Fsp3) is 0.261. The standard InChI is InChI=1S/C23H23NO4/c1-4-27-21(25)23(3,22(26)28-15-17-10-6-5-7-11-17)20-16(2)14-18-12-8-9-13-19(18)24-20/h5-14H,4,15H2,1-3H3. The predicted octanol–water partition coefficient (Wildman–Crippen LogP) is 4.11. The molecule has 0 spiro atoms. The summed E-state index contributed by atoms with van der Waals surface area (Å²) in [6.07, 6.45) is 0. The van der Waals surface area contributed by atoms with Crippen LogP contribution in [0.1, 0.15) is 30.7 Å². The molecule has 2 aromatic carbocycles. The van der Waals surface area contributed by atoms with E-state index in [1.807, 2.05) is 67.6 Å². The summed E-state index contributed by atoms with van der Waals surface area (Å²) in [7, 11) is 0. The van der Waals surface area contributed by atoms with Gasteiger partial charge in [-0.3, -0.25) is 14.6 Å². The third-order valence-electron chi connectivity index (χ3n) is 4.69. The molecule has 0 N–H and O–H groups in total. The van der Waals surface area contributed by atoms with Gasteiger partial charge in [0.1, 0.15) is 6.61 Å². The number of hydrogen-bond donors (Lipinski definition) is 0. The van der Waals surface area contributed by atoms with Gasteiger partial charge < -0.3 is 9.47 Å². The molecular weight excluding hydrogens is 354 g/mol. The Kier molecular flexibility index (Phi) is 5.73. The lowest BCUT2D eigenvalue weighted by Gasteiger charge is -2.26. The highest BCUT2D eigenvalue weighted by Gasteiger charge is 2.48. The van der Waals surface area contributed by atoms with Gasteiger partial charge in [0.05, 0.1) is 17.8 Å². The Morgan fingerprint density at radius 2 is 1.61 bits per heavy atom. The Bertz CT molecular complexity index is 1000. The molecule has 5 heteroatoms. The third kappa shape index (κ3) is 3.74. The number of rotatable bonds is 6. The van der Waals surface area contributed by atoms with Gasteiger partial charge in [-0.15, -0.1) is 0 Å². The SMILES string of the molecule is CCOC(=O)C(C)(C(=O)OCc1ccccc1)c1nc2ccccc2cc1C. The lowest BCUT2D eigenvalue weighted by atomic mass is 9.83. The van der Waals surface area contributed by atoms with Crippen LogP contribution >= 0.6 is 0 Å². The molecule has 0 aliphatic rings. The maximum Gasteiger partial charge on any atom is 0.329 e. The molecule has 0 saturated carbocycles. The number of aryl methyl sites for hydroxylation is 1. The van der Waals surface area contributed by atoms with E-state index in [-0.39, 0.29) is 13.2 Å². The van der Waals surface area contributed by atoms with E-state index in [0.29, 0.717) is 11.2 Å². The number of esters is 2. The van der Waals surface area contributed by atoms with Gasteiger partial charge in [0.15, 0.2) is 0 Å². The van der Waals surface area contributed by atoms with Crippen LogP contribution in [0.2, 0.25) is 0 Å². The second-order valence-electron chi connectivity index (χ2n) is 6.75. The molecule has 1 unspecified atom stereocenters. The Morgan fingerprint density at radius 3 is 2.32 bits per heavy atom. The number of aromatic nitrogens is 1. The van der Waals surface area contributed by atoms with E-state index in [1.54, 1.807) is 6.92 Å². The van der Waals surface area contributed by atoms with Gasteiger partial charge in [-0.05, 0) is 44.0 Å². The zero-order valence-corrected chi connectivity index (χ0v) is 16.3. The Hall–Kier alpha value is -3.21. The summed E-state index contributed by atoms with van der Waals surface area (Å²) < 4.78 is 10.7. The number of pyridine rings is 1. The van der Waals surface area contributed by atoms with Crippen LogP contribution in [0.5, 0.6) is 0 Å². The van der Waals surface area contributed by atoms with E-state index in [2.05, 4.69) is 4.98 Å². The summed E-state index contributed by atoms with van der Waals surface area (Å²) in [5.41, 5.74) is 0.965. The van der Waals surface area contributed by atoms with Gasteiger partial charge >= 0.3 is 11.9 Å². The van der Waals surface area contributed by atoms with Crippen LogP contribution in [0.15, 0.2) is 60.7 Å². The first kappa shape index (κ1) is 19.5. The normalized spacial score (nSPS) is 13.0. The molecule has 0 fully saturated rings. The monoisotopic (exact) mass is 377 g/mol. The highest BCUT2D eigenvalue weighted by molar-refractivity contribution is 6.06. The van der Waals surface area contributed by atoms with Crippen LogP contribution < -0.4 is 0 Å². The van der Waals surface area contributed by atoms with E-state index in [4.69, 9.17) is 9.47 Å². The quantitative estimate of drug-likeness (QED) is 0.478. The summed E-state index contributed by atoms with van der Waals surface area (Å²) in [5.74, 6) is -1.35. The van der Waals surface area contributed by atoms with Gasteiger partial charge in [0.25, 0.3) is 0 Å². The first-order valence-electron chi connectivity index (χ1n) is 9.22. The number of carbonyl (C=O) groups excluding carboxylic acids is 2. The van der Waals surface area contributed by atoms with Gasteiger partial charge in [-0.25, -0.2) is 0 Å². The molecule has 1 aromatic heterocycles. The lowest BCUT2D eigenvalue weighted by Crippen LogP contribution is -2.44. The summed E-state index contributed by atoms with van der Waals surface area (Å²) in [6.45, 7) is 5.28. The fourth-order valence-electron chi connectivity index (χ4n) is 3.15. The zero-order chi connectivity index (χ0) is 20.1. The minimum atomic E-state index is -1.65. The number of benzene rings is 2. The molecule has 0 aliphatic carbocycles. The van der Waals surface area contributed by atoms with Gasteiger partial charge in [-0.1, -0.05) is 48.5 Å². The largest absolute Gasteiger partial charge is 0.465 e. The summed E-state index contributed by atoms with van der Waals surface area (Å²) >= 11 is 0. The average Bonchev–Trinajstić information content (AvgIpc) is 2.71. The first-order valence-corrected chi connectivity index (χ1v) is 9.22. The van der Waals surface area contributed by atoms with Crippen molar-refractivity contribution in [2.45, 2.75) is 32.8 Å². The van der Waals surface area contributed by atoms with Crippen molar-refractivity contribution < 1.29 is 19.1 Å². The maximum absolute atomic E-state index is 13.1. The minimum Gasteiger partial charge on any atom is -0.465 e.